The molecule has 4 aliphatic rings. The summed E-state index contributed by atoms with van der Waals surface area (Å²) >= 11 is 5.36. The van der Waals surface area contributed by atoms with Crippen molar-refractivity contribution in [2.24, 2.45) is 10.1 Å². The number of allylic oxidation sites excluding steroid dienone is 2. The minimum atomic E-state index is -1.75. The number of rotatable bonds is 9. The van der Waals surface area contributed by atoms with Crippen molar-refractivity contribution < 1.29 is 34.2 Å². The summed E-state index contributed by atoms with van der Waals surface area (Å²) in [4.78, 5) is 67.2. The van der Waals surface area contributed by atoms with Crippen molar-refractivity contribution in [1.29, 1.82) is 0 Å². The lowest BCUT2D eigenvalue weighted by atomic mass is 10.0. The number of aliphatic carboxylic acids is 2. The first kappa shape index (κ1) is 30.0. The molecule has 1 aromatic rings. The number of carboxylic acid groups (broad SMARTS) is 2. The van der Waals surface area contributed by atoms with Crippen LogP contribution < -0.4 is 11.1 Å². The van der Waals surface area contributed by atoms with Gasteiger partial charge in [-0.2, -0.15) is 0 Å². The number of nitrogens with one attached hydrogen (secondary N) is 1. The van der Waals surface area contributed by atoms with Crippen LogP contribution in [0.5, 0.6) is 0 Å². The molecule has 18 heteroatoms. The van der Waals surface area contributed by atoms with Crippen LogP contribution in [-0.2, 0) is 24.0 Å². The second-order valence-electron chi connectivity index (χ2n) is 9.77. The third kappa shape index (κ3) is 5.75. The van der Waals surface area contributed by atoms with E-state index in [1.54, 1.807) is 11.8 Å². The highest BCUT2D eigenvalue weighted by Crippen LogP contribution is 2.43. The molecule has 2 unspecified atom stereocenters. The number of nitrogen functional groups attached to an aromatic ring is 1. The molecule has 0 radical (unpaired) electrons. The second kappa shape index (κ2) is 11.7. The number of aromatic nitrogens is 1. The smallest absolute Gasteiger partial charge is 0.352 e. The Kier molecular flexibility index (Phi) is 8.32. The number of hydrogen-bond donors (Lipinski definition) is 4. The zero-order chi connectivity index (χ0) is 30.3. The van der Waals surface area contributed by atoms with Gasteiger partial charge in [-0.25, -0.2) is 19.6 Å². The van der Waals surface area contributed by atoms with E-state index in [1.165, 1.54) is 47.7 Å². The van der Waals surface area contributed by atoms with Gasteiger partial charge in [-0.05, 0) is 31.6 Å². The zero-order valence-corrected chi connectivity index (χ0v) is 25.6. The summed E-state index contributed by atoms with van der Waals surface area (Å²) in [6, 6.07) is -1.05. The summed E-state index contributed by atoms with van der Waals surface area (Å²) in [5.74, 6) is -3.33. The van der Waals surface area contributed by atoms with Crippen LogP contribution in [0.25, 0.3) is 0 Å². The average Bonchev–Trinajstić information content (AvgIpc) is 3.56. The van der Waals surface area contributed by atoms with E-state index in [0.29, 0.717) is 17.1 Å². The van der Waals surface area contributed by atoms with E-state index in [2.05, 4.69) is 20.4 Å². The summed E-state index contributed by atoms with van der Waals surface area (Å²) in [6.45, 7) is 2.51. The molecular weight excluding hydrogens is 627 g/mol. The molecule has 1 saturated heterocycles. The molecule has 3 atom stereocenters. The van der Waals surface area contributed by atoms with Gasteiger partial charge in [0.25, 0.3) is 11.8 Å². The third-order valence-corrected chi connectivity index (χ3v) is 11.0. The van der Waals surface area contributed by atoms with Gasteiger partial charge in [-0.1, -0.05) is 28.7 Å². The van der Waals surface area contributed by atoms with Crippen molar-refractivity contribution in [3.05, 3.63) is 46.4 Å². The number of thiazole rings is 1. The lowest BCUT2D eigenvalue weighted by Crippen LogP contribution is -2.71. The van der Waals surface area contributed by atoms with Crippen LogP contribution in [-0.4, -0.2) is 99.8 Å². The first-order valence-electron chi connectivity index (χ1n) is 12.3. The number of carboxylic acids is 2. The molecule has 5 heterocycles. The average molecular weight is 652 g/mol. The Balaban J connectivity index is 1.29. The van der Waals surface area contributed by atoms with Crippen molar-refractivity contribution in [2.45, 2.75) is 36.2 Å². The molecule has 0 aliphatic carbocycles. The molecule has 0 bridgehead atoms. The van der Waals surface area contributed by atoms with Gasteiger partial charge in [0.1, 0.15) is 32.6 Å². The maximum Gasteiger partial charge on any atom is 0.352 e. The maximum atomic E-state index is 13.2. The van der Waals surface area contributed by atoms with Crippen LogP contribution in [0, 0.1) is 0 Å². The molecule has 5 N–H and O–H groups in total. The van der Waals surface area contributed by atoms with Crippen LogP contribution in [0.3, 0.4) is 0 Å². The van der Waals surface area contributed by atoms with E-state index in [0.717, 1.165) is 21.4 Å². The van der Waals surface area contributed by atoms with Gasteiger partial charge in [-0.15, -0.1) is 23.1 Å². The number of nitrogens with two attached hydrogens (primary N) is 1. The predicted octanol–water partition coefficient (Wildman–Crippen LogP) is 1.55. The Hall–Kier alpha value is -3.48. The molecule has 0 spiro atoms. The van der Waals surface area contributed by atoms with E-state index < -0.39 is 40.8 Å². The second-order valence-corrected chi connectivity index (χ2v) is 14.1. The Morgan fingerprint density at radius 2 is 2.10 bits per heavy atom. The Bertz CT molecular complexity index is 1520. The molecule has 1 aromatic heterocycles. The quantitative estimate of drug-likeness (QED) is 0.170. The van der Waals surface area contributed by atoms with Gasteiger partial charge in [0.05, 0.1) is 5.70 Å². The van der Waals surface area contributed by atoms with Gasteiger partial charge < -0.3 is 31.0 Å². The fourth-order valence-corrected chi connectivity index (χ4v) is 8.42. The zero-order valence-electron chi connectivity index (χ0n) is 22.3. The number of hydrogen-bond acceptors (Lipinski definition) is 14. The lowest BCUT2D eigenvalue weighted by Gasteiger charge is -2.49. The first-order chi connectivity index (χ1) is 19.9. The van der Waals surface area contributed by atoms with Crippen LogP contribution in [0.4, 0.5) is 5.13 Å². The largest absolute Gasteiger partial charge is 0.478 e. The monoisotopic (exact) mass is 651 g/mol. The van der Waals surface area contributed by atoms with Crippen molar-refractivity contribution in [2.75, 3.05) is 24.3 Å². The molecule has 14 nitrogen and oxygen atoms in total. The number of β-lactam (4-membered cyclic amide) rings is 1. The van der Waals surface area contributed by atoms with E-state index >= 15 is 0 Å². The van der Waals surface area contributed by atoms with Gasteiger partial charge in [0.15, 0.2) is 10.8 Å². The SMILES string of the molecule is CN1C=CC=C2N=C(SCC3=C(C(=O)O)N4C(=O)C(NC(=O)/C(=N\OC(C)(C)C(=O)O)c5csc(N)n5)[C@H]4SC3)SC21. The Labute approximate surface area is 256 Å². The molecular formula is C24H25N7O7S4. The fraction of sp³-hybridized carbons (Fsp3) is 0.375. The molecule has 4 aliphatic heterocycles. The van der Waals surface area contributed by atoms with Crippen LogP contribution >= 0.6 is 46.6 Å². The lowest BCUT2D eigenvalue weighted by molar-refractivity contribution is -0.161. The van der Waals surface area contributed by atoms with Crippen molar-refractivity contribution in [3.8, 4) is 0 Å². The van der Waals surface area contributed by atoms with Crippen molar-refractivity contribution in [3.63, 3.8) is 0 Å². The molecule has 2 amide bonds. The predicted molar refractivity (Wildman–Crippen MR) is 162 cm³/mol. The van der Waals surface area contributed by atoms with Gasteiger partial charge in [0, 0.05) is 30.1 Å². The highest BCUT2D eigenvalue weighted by atomic mass is 32.2. The molecule has 0 aromatic carbocycles. The molecule has 222 valence electrons. The van der Waals surface area contributed by atoms with E-state index in [9.17, 15) is 29.4 Å². The summed E-state index contributed by atoms with van der Waals surface area (Å²) < 4.78 is 0.814. The van der Waals surface area contributed by atoms with Crippen LogP contribution in [0.2, 0.25) is 0 Å². The van der Waals surface area contributed by atoms with E-state index in [-0.39, 0.29) is 27.6 Å². The fourth-order valence-electron chi connectivity index (χ4n) is 4.13. The topological polar surface area (TPSA) is 200 Å². The molecule has 1 fully saturated rings. The number of anilines is 1. The van der Waals surface area contributed by atoms with Crippen LogP contribution in [0.1, 0.15) is 19.5 Å². The van der Waals surface area contributed by atoms with E-state index in [1.807, 2.05) is 30.3 Å². The highest BCUT2D eigenvalue weighted by Gasteiger charge is 2.54. The number of carbonyl (C=O) groups is 4. The number of likely N-dealkylation sites (N-methyl/N-ethyl adjacent to an activating group) is 1. The summed E-state index contributed by atoms with van der Waals surface area (Å²) in [7, 11) is 1.96. The Morgan fingerprint density at radius 3 is 2.74 bits per heavy atom. The van der Waals surface area contributed by atoms with Crippen molar-refractivity contribution >= 4 is 85.6 Å². The summed E-state index contributed by atoms with van der Waals surface area (Å²) in [6.07, 6.45) is 5.82. The van der Waals surface area contributed by atoms with Gasteiger partial charge in [0.2, 0.25) is 5.60 Å². The maximum absolute atomic E-state index is 13.2. The Morgan fingerprint density at radius 1 is 1.33 bits per heavy atom. The number of oxime groups is 1. The number of amides is 2. The normalized spacial score (nSPS) is 23.5. The standard InChI is InChI=1S/C24H25N7O7S4/c1-24(2,21(36)37)38-29-13(12-9-40-22(25)26-12)16(32)28-14-17(33)31-15(20(34)35)10(7-39-19(14)31)8-41-23-27-11-5-4-6-30(3)18(11)42-23/h4-6,9,14,18-19H,7-8H2,1-3H3,(H2,25,26)(H,28,32)(H,34,35)(H,36,37)/b29-13-/t14?,18?,19-/m1/s1. The van der Waals surface area contributed by atoms with Crippen molar-refractivity contribution in [1.82, 2.24) is 20.1 Å². The van der Waals surface area contributed by atoms with Gasteiger partial charge in [-0.3, -0.25) is 14.5 Å². The molecule has 42 heavy (non-hydrogen) atoms. The van der Waals surface area contributed by atoms with E-state index in [4.69, 9.17) is 10.6 Å². The minimum Gasteiger partial charge on any atom is -0.478 e. The highest BCUT2D eigenvalue weighted by molar-refractivity contribution is 8.39. The van der Waals surface area contributed by atoms with Gasteiger partial charge >= 0.3 is 11.9 Å². The van der Waals surface area contributed by atoms with Crippen LogP contribution in [0.15, 0.2) is 50.8 Å². The minimum absolute atomic E-state index is 0.0341. The molecule has 0 saturated carbocycles. The number of thioether (sulfide) groups is 3. The summed E-state index contributed by atoms with van der Waals surface area (Å²) in [5, 5.41) is 26.7. The number of nitrogens with zero attached hydrogens (tertiary/aromatic N) is 5. The summed E-state index contributed by atoms with van der Waals surface area (Å²) in [5.41, 5.74) is 5.00. The number of carbonyl (C=O) groups excluding carboxylic acids is 2. The number of fused-ring (bicyclic) bond motifs is 2. The third-order valence-electron chi connectivity index (χ3n) is 6.41. The number of aliphatic imine (C=N–C) groups is 1. The molecule has 5 rings (SSSR count). The first-order valence-corrected chi connectivity index (χ1v) is 16.1.